The number of hydrogen-bond donors (Lipinski definition) is 0. The predicted octanol–water partition coefficient (Wildman–Crippen LogP) is 2.47. The van der Waals surface area contributed by atoms with Crippen LogP contribution in [-0.4, -0.2) is 16.9 Å². The van der Waals surface area contributed by atoms with E-state index in [1.807, 2.05) is 0 Å². The average Bonchev–Trinajstić information content (AvgIpc) is 2.16. The van der Waals surface area contributed by atoms with E-state index < -0.39 is 0 Å². The molecule has 0 bridgehead atoms. The highest BCUT2D eigenvalue weighted by Gasteiger charge is 2.11. The predicted molar refractivity (Wildman–Crippen MR) is 54.5 cm³/mol. The normalized spacial score (nSPS) is 12.2. The fraction of sp³-hybridized carbons (Fsp3) is 0.200. The van der Waals surface area contributed by atoms with Gasteiger partial charge < -0.3 is 0 Å². The minimum Gasteiger partial charge on any atom is -0.298 e. The molecule has 1 aromatic carbocycles. The monoisotopic (exact) mass is 240 g/mol. The van der Waals surface area contributed by atoms with Crippen LogP contribution in [0.2, 0.25) is 0 Å². The first-order valence-electron chi connectivity index (χ1n) is 3.88. The Morgan fingerprint density at radius 3 is 2.77 bits per heavy atom. The maximum absolute atomic E-state index is 11.4. The molecule has 1 aromatic rings. The van der Waals surface area contributed by atoms with Gasteiger partial charge in [0.1, 0.15) is 6.29 Å². The Hall–Kier alpha value is -0.960. The summed E-state index contributed by atoms with van der Waals surface area (Å²) in [6.07, 6.45) is 0.732. The van der Waals surface area contributed by atoms with E-state index in [2.05, 4.69) is 15.9 Å². The molecule has 0 aliphatic rings. The zero-order valence-electron chi connectivity index (χ0n) is 7.16. The molecule has 0 aliphatic heterocycles. The molecule has 13 heavy (non-hydrogen) atoms. The summed E-state index contributed by atoms with van der Waals surface area (Å²) in [5.74, 6) is -0.0105. The first kappa shape index (κ1) is 10.1. The molecule has 1 atom stereocenters. The van der Waals surface area contributed by atoms with Gasteiger partial charge in [0.2, 0.25) is 0 Å². The first-order valence-corrected chi connectivity index (χ1v) is 4.80. The fourth-order valence-electron chi connectivity index (χ4n) is 0.995. The molecule has 0 heterocycles. The number of halogens is 1. The number of ketones is 1. The molecule has 68 valence electrons. The fourth-order valence-corrected chi connectivity index (χ4v) is 1.26. The molecule has 0 fully saturated rings. The third-order valence-electron chi connectivity index (χ3n) is 1.67. The molecule has 0 radical (unpaired) electrons. The van der Waals surface area contributed by atoms with Crippen molar-refractivity contribution in [3.63, 3.8) is 0 Å². The van der Waals surface area contributed by atoms with Crippen molar-refractivity contribution in [3.8, 4) is 0 Å². The largest absolute Gasteiger partial charge is 0.298 e. The van der Waals surface area contributed by atoms with E-state index in [1.165, 1.54) is 0 Å². The molecule has 0 aromatic heterocycles. The van der Waals surface area contributed by atoms with Crippen LogP contribution in [0.1, 0.15) is 27.6 Å². The van der Waals surface area contributed by atoms with Crippen molar-refractivity contribution in [1.82, 2.24) is 0 Å². The topological polar surface area (TPSA) is 34.1 Å². The van der Waals surface area contributed by atoms with E-state index in [0.717, 1.165) is 6.29 Å². The molecule has 1 unspecified atom stereocenters. The van der Waals surface area contributed by atoms with Gasteiger partial charge in [0, 0.05) is 11.1 Å². The summed E-state index contributed by atoms with van der Waals surface area (Å²) in [4.78, 5) is 21.7. The molecule has 3 heteroatoms. The molecule has 2 nitrogen and oxygen atoms in total. The number of alkyl halides is 1. The van der Waals surface area contributed by atoms with Crippen molar-refractivity contribution in [3.05, 3.63) is 35.4 Å². The molecule has 0 spiro atoms. The van der Waals surface area contributed by atoms with Crippen LogP contribution in [0.4, 0.5) is 0 Å². The summed E-state index contributed by atoms with van der Waals surface area (Å²) in [5, 5.41) is 0. The lowest BCUT2D eigenvalue weighted by molar-refractivity contribution is 0.0996. The molecule has 0 saturated heterocycles. The van der Waals surface area contributed by atoms with Crippen LogP contribution in [0.15, 0.2) is 24.3 Å². The maximum Gasteiger partial charge on any atom is 0.176 e. The van der Waals surface area contributed by atoms with E-state index in [0.29, 0.717) is 11.1 Å². The number of rotatable bonds is 3. The van der Waals surface area contributed by atoms with Crippen LogP contribution < -0.4 is 0 Å². The van der Waals surface area contributed by atoms with Gasteiger partial charge in [0.05, 0.1) is 4.83 Å². The van der Waals surface area contributed by atoms with Gasteiger partial charge in [-0.3, -0.25) is 9.59 Å². The summed E-state index contributed by atoms with van der Waals surface area (Å²) >= 11 is 3.19. The number of Topliss-reactive ketones (excluding diaryl/α,β-unsaturated/α-hetero) is 1. The van der Waals surface area contributed by atoms with Gasteiger partial charge in [0.25, 0.3) is 0 Å². The summed E-state index contributed by atoms with van der Waals surface area (Å²) in [6, 6.07) is 6.66. The van der Waals surface area contributed by atoms with Crippen molar-refractivity contribution in [2.75, 3.05) is 0 Å². The molecular weight excluding hydrogens is 232 g/mol. The van der Waals surface area contributed by atoms with Gasteiger partial charge in [-0.05, 0) is 13.0 Å². The van der Waals surface area contributed by atoms with Gasteiger partial charge in [-0.2, -0.15) is 0 Å². The lowest BCUT2D eigenvalue weighted by Crippen LogP contribution is -2.09. The van der Waals surface area contributed by atoms with Crippen molar-refractivity contribution >= 4 is 28.0 Å². The van der Waals surface area contributed by atoms with Crippen LogP contribution in [0.25, 0.3) is 0 Å². The number of hydrogen-bond acceptors (Lipinski definition) is 2. The summed E-state index contributed by atoms with van der Waals surface area (Å²) in [5.41, 5.74) is 1.09. The lowest BCUT2D eigenvalue weighted by atomic mass is 10.1. The Kier molecular flexibility index (Phi) is 3.37. The molecule has 0 aliphatic carbocycles. The highest BCUT2D eigenvalue weighted by molar-refractivity contribution is 9.10. The standard InChI is InChI=1S/C10H9BrO2/c1-7(11)10(13)9-4-2-3-8(5-9)6-12/h2-7H,1H3. The zero-order chi connectivity index (χ0) is 9.84. The highest BCUT2D eigenvalue weighted by Crippen LogP contribution is 2.10. The third kappa shape index (κ3) is 2.49. The number of benzene rings is 1. The quantitative estimate of drug-likeness (QED) is 0.462. The summed E-state index contributed by atoms with van der Waals surface area (Å²) in [6.45, 7) is 1.76. The van der Waals surface area contributed by atoms with Crippen molar-refractivity contribution < 1.29 is 9.59 Å². The Morgan fingerprint density at radius 2 is 2.23 bits per heavy atom. The second-order valence-electron chi connectivity index (χ2n) is 2.72. The summed E-state index contributed by atoms with van der Waals surface area (Å²) in [7, 11) is 0. The first-order chi connectivity index (χ1) is 6.15. The highest BCUT2D eigenvalue weighted by atomic mass is 79.9. The minimum atomic E-state index is -0.214. The Labute approximate surface area is 85.1 Å². The van der Waals surface area contributed by atoms with E-state index in [-0.39, 0.29) is 10.6 Å². The lowest BCUT2D eigenvalue weighted by Gasteiger charge is -2.02. The molecule has 1 rings (SSSR count). The van der Waals surface area contributed by atoms with Crippen LogP contribution >= 0.6 is 15.9 Å². The van der Waals surface area contributed by atoms with Crippen LogP contribution in [0.5, 0.6) is 0 Å². The van der Waals surface area contributed by atoms with Crippen LogP contribution in [0, 0.1) is 0 Å². The number of carbonyl (C=O) groups excluding carboxylic acids is 2. The van der Waals surface area contributed by atoms with Gasteiger partial charge in [-0.25, -0.2) is 0 Å². The van der Waals surface area contributed by atoms with Gasteiger partial charge in [-0.1, -0.05) is 34.1 Å². The smallest absolute Gasteiger partial charge is 0.176 e. The van der Waals surface area contributed by atoms with Crippen LogP contribution in [0.3, 0.4) is 0 Å². The van der Waals surface area contributed by atoms with Crippen molar-refractivity contribution in [2.45, 2.75) is 11.8 Å². The molecule has 0 amide bonds. The number of aldehydes is 1. The molecule has 0 saturated carbocycles. The Balaban J connectivity index is 3.01. The Bertz CT molecular complexity index is 331. The van der Waals surface area contributed by atoms with E-state index in [1.54, 1.807) is 31.2 Å². The van der Waals surface area contributed by atoms with Crippen LogP contribution in [-0.2, 0) is 0 Å². The Morgan fingerprint density at radius 1 is 1.54 bits per heavy atom. The van der Waals surface area contributed by atoms with Gasteiger partial charge in [-0.15, -0.1) is 0 Å². The maximum atomic E-state index is 11.4. The molecule has 0 N–H and O–H groups in total. The van der Waals surface area contributed by atoms with Gasteiger partial charge in [0.15, 0.2) is 5.78 Å². The van der Waals surface area contributed by atoms with E-state index in [9.17, 15) is 9.59 Å². The number of carbonyl (C=O) groups is 2. The second kappa shape index (κ2) is 4.33. The van der Waals surface area contributed by atoms with Gasteiger partial charge >= 0.3 is 0 Å². The zero-order valence-corrected chi connectivity index (χ0v) is 8.74. The molecular formula is C10H9BrO2. The van der Waals surface area contributed by atoms with E-state index >= 15 is 0 Å². The second-order valence-corrected chi connectivity index (χ2v) is 4.10. The third-order valence-corrected chi connectivity index (χ3v) is 2.08. The SMILES string of the molecule is CC(Br)C(=O)c1cccc(C=O)c1. The van der Waals surface area contributed by atoms with Crippen molar-refractivity contribution in [1.29, 1.82) is 0 Å². The summed E-state index contributed by atoms with van der Waals surface area (Å²) < 4.78 is 0. The van der Waals surface area contributed by atoms with E-state index in [4.69, 9.17) is 0 Å². The van der Waals surface area contributed by atoms with Crippen molar-refractivity contribution in [2.24, 2.45) is 0 Å². The minimum absolute atomic E-state index is 0.0105. The average molecular weight is 241 g/mol.